The molecule has 0 nitrogen and oxygen atoms in total. The molecule has 7 aromatic rings. The van der Waals surface area contributed by atoms with Gasteiger partial charge in [0.05, 0.1) is 0 Å². The van der Waals surface area contributed by atoms with Crippen LogP contribution in [0.2, 0.25) is 0 Å². The van der Waals surface area contributed by atoms with Gasteiger partial charge >= 0.3 is 30.9 Å². The summed E-state index contributed by atoms with van der Waals surface area (Å²) < 4.78 is 35.3. The van der Waals surface area contributed by atoms with Gasteiger partial charge in [0.2, 0.25) is 0 Å². The van der Waals surface area contributed by atoms with E-state index in [-0.39, 0.29) is 0 Å². The summed E-state index contributed by atoms with van der Waals surface area (Å²) in [5, 5.41) is 8.39. The van der Waals surface area contributed by atoms with Crippen molar-refractivity contribution < 1.29 is 27.7 Å². The summed E-state index contributed by atoms with van der Waals surface area (Å²) >= 11 is 3.35. The van der Waals surface area contributed by atoms with Crippen LogP contribution in [-0.4, -0.2) is 0 Å². The van der Waals surface area contributed by atoms with Gasteiger partial charge in [-0.2, -0.15) is 43.5 Å². The molecule has 0 radical (unpaired) electrons. The van der Waals surface area contributed by atoms with Crippen LogP contribution in [0.4, 0.5) is 13.2 Å². The molecule has 0 atom stereocenters. The number of halogens is 4. The molecule has 0 N–H and O–H groups in total. The van der Waals surface area contributed by atoms with Crippen molar-refractivity contribution in [3.8, 4) is 0 Å². The van der Waals surface area contributed by atoms with E-state index in [4.69, 9.17) is 0 Å². The van der Waals surface area contributed by atoms with Crippen LogP contribution in [0, 0.1) is 6.07 Å². The first-order chi connectivity index (χ1) is 24.5. The summed E-state index contributed by atoms with van der Waals surface area (Å²) in [5.74, 6) is 0. The van der Waals surface area contributed by atoms with Crippen LogP contribution in [0.1, 0.15) is 5.56 Å². The van der Waals surface area contributed by atoms with Gasteiger partial charge in [0.25, 0.3) is 0 Å². The zero-order chi connectivity index (χ0) is 35.4. The Morgan fingerprint density at radius 1 is 0.360 bits per heavy atom. The van der Waals surface area contributed by atoms with E-state index in [1.54, 1.807) is 0 Å². The largest absolute Gasteiger partial charge is 0.0622 e. The van der Waals surface area contributed by atoms with Crippen LogP contribution in [0.15, 0.2) is 206 Å². The fourth-order valence-corrected chi connectivity index (χ4v) is 9.54. The molecule has 0 aliphatic rings. The summed E-state index contributed by atoms with van der Waals surface area (Å²) in [4.78, 5) is 0. The van der Waals surface area contributed by atoms with E-state index < -0.39 is 27.6 Å². The third-order valence-corrected chi connectivity index (χ3v) is 12.0. The molecule has 50 heavy (non-hydrogen) atoms. The number of hydrogen-bond acceptors (Lipinski definition) is 0. The predicted octanol–water partition coefficient (Wildman–Crippen LogP) is 10.1. The second-order valence-electron chi connectivity index (χ2n) is 10.5. The maximum Gasteiger partial charge on any atom is -0.0134 e. The summed E-state index contributed by atoms with van der Waals surface area (Å²) in [6.45, 7) is 0. The third kappa shape index (κ3) is 12.1. The van der Waals surface area contributed by atoms with E-state index in [1.165, 1.54) is 44.0 Å². The van der Waals surface area contributed by atoms with Gasteiger partial charge in [-0.05, 0) is 47.7 Å². The predicted molar refractivity (Wildman–Crippen MR) is 206 cm³/mol. The molecule has 255 valence electrons. The summed E-state index contributed by atoms with van der Waals surface area (Å²) in [6, 6.07) is 71.6. The minimum absolute atomic E-state index is 0.446. The van der Waals surface area contributed by atoms with Gasteiger partial charge in [0, 0.05) is 0 Å². The number of benzene rings is 7. The van der Waals surface area contributed by atoms with E-state index in [0.29, 0.717) is 0 Å². The van der Waals surface area contributed by atoms with Gasteiger partial charge in [-0.1, -0.05) is 188 Å². The number of rotatable bonds is 6. The van der Waals surface area contributed by atoms with Gasteiger partial charge in [-0.15, -0.1) is 0 Å². The quantitative estimate of drug-likeness (QED) is 0.0899. The van der Waals surface area contributed by atoms with Crippen molar-refractivity contribution in [2.24, 2.45) is 0 Å². The summed E-state index contributed by atoms with van der Waals surface area (Å²) in [6.07, 6.45) is -4.23. The molecule has 0 aliphatic heterocycles. The molecule has 7 aromatic carbocycles. The molecular weight excluding hydrogens is 730 g/mol. The molecule has 0 amide bonds. The zero-order valence-electron chi connectivity index (χ0n) is 26.9. The summed E-state index contributed by atoms with van der Waals surface area (Å²) in [7, 11) is 3.37. The minimum Gasteiger partial charge on any atom is -0.0622 e. The van der Waals surface area contributed by atoms with Crippen molar-refractivity contribution in [2.45, 2.75) is 6.18 Å². The SMILES string of the molecule is FC(F)(F)c1cc[c-]cc1.[Cl][Ni].c1ccc(P(c2ccccc2)c2ccccc2)cc1.c1ccc(P(c2ccccc2)c2ccccc2)cc1. The molecule has 0 unspecified atom stereocenters. The van der Waals surface area contributed by atoms with Crippen LogP contribution in [0.5, 0.6) is 0 Å². The zero-order valence-corrected chi connectivity index (χ0v) is 30.4. The fraction of sp³-hybridized carbons (Fsp3) is 0.0233. The molecule has 0 aliphatic carbocycles. The first-order valence-electron chi connectivity index (χ1n) is 15.6. The molecular formula is C43H34ClF3NiP2-. The average Bonchev–Trinajstić information content (AvgIpc) is 3.19. The smallest absolute Gasteiger partial charge is 0.0134 e. The number of alkyl halides is 3. The maximum absolute atomic E-state index is 11.8. The second kappa shape index (κ2) is 21.2. The van der Waals surface area contributed by atoms with Crippen LogP contribution in [-0.2, 0) is 20.7 Å². The van der Waals surface area contributed by atoms with E-state index in [9.17, 15) is 13.2 Å². The minimum atomic E-state index is -4.23. The molecule has 7 rings (SSSR count). The molecule has 0 bridgehead atoms. The van der Waals surface area contributed by atoms with Gasteiger partial charge in [-0.25, -0.2) is 0 Å². The first-order valence-corrected chi connectivity index (χ1v) is 19.6. The van der Waals surface area contributed by atoms with Gasteiger partial charge < -0.3 is 0 Å². The Balaban J connectivity index is 0.000000172. The van der Waals surface area contributed by atoms with Crippen molar-refractivity contribution in [1.82, 2.24) is 0 Å². The van der Waals surface area contributed by atoms with Crippen molar-refractivity contribution in [1.29, 1.82) is 0 Å². The molecule has 0 spiro atoms. The van der Waals surface area contributed by atoms with E-state index in [1.807, 2.05) is 0 Å². The van der Waals surface area contributed by atoms with Crippen molar-refractivity contribution in [2.75, 3.05) is 0 Å². The monoisotopic (exact) mass is 762 g/mol. The first kappa shape index (κ1) is 38.8. The van der Waals surface area contributed by atoms with Crippen molar-refractivity contribution in [3.05, 3.63) is 218 Å². The molecule has 0 saturated heterocycles. The van der Waals surface area contributed by atoms with Gasteiger partial charge in [-0.3, -0.25) is 0 Å². The standard InChI is InChI=1S/2C18H15P.C7H4F3.ClH.Ni/c2*1-4-10-16(11-5-1)19(17-12-6-2-7-13-17)18-14-8-3-9-15-18;8-7(9,10)6-4-2-1-3-5-6;;/h2*1-15H;2-5H;1H;/q;;-1;;+1/p-1. The Morgan fingerprint density at radius 2 is 0.560 bits per heavy atom. The Morgan fingerprint density at radius 3 is 0.720 bits per heavy atom. The topological polar surface area (TPSA) is 0 Å². The molecule has 0 heterocycles. The second-order valence-corrected chi connectivity index (χ2v) is 14.9. The van der Waals surface area contributed by atoms with E-state index >= 15 is 0 Å². The van der Waals surface area contributed by atoms with E-state index in [2.05, 4.69) is 213 Å². The van der Waals surface area contributed by atoms with Crippen LogP contribution in [0.3, 0.4) is 0 Å². The molecule has 7 heteroatoms. The molecule has 0 fully saturated rings. The van der Waals surface area contributed by atoms with Crippen LogP contribution in [0.25, 0.3) is 0 Å². The Bertz CT molecular complexity index is 1580. The van der Waals surface area contributed by atoms with Crippen LogP contribution >= 0.6 is 26.0 Å². The van der Waals surface area contributed by atoms with E-state index in [0.717, 1.165) is 12.1 Å². The fourth-order valence-electron chi connectivity index (χ4n) is 4.93. The van der Waals surface area contributed by atoms with Crippen molar-refractivity contribution in [3.63, 3.8) is 0 Å². The summed E-state index contributed by atoms with van der Waals surface area (Å²) in [5.41, 5.74) is -0.633. The maximum atomic E-state index is 11.8. The Kier molecular flexibility index (Phi) is 16.5. The van der Waals surface area contributed by atoms with Gasteiger partial charge in [0.15, 0.2) is 0 Å². The Hall–Kier alpha value is -4.03. The molecule has 0 aromatic heterocycles. The van der Waals surface area contributed by atoms with Crippen LogP contribution < -0.4 is 31.8 Å². The molecule has 0 saturated carbocycles. The third-order valence-electron chi connectivity index (χ3n) is 7.13. The van der Waals surface area contributed by atoms with Crippen molar-refractivity contribution >= 4 is 57.9 Å². The average molecular weight is 764 g/mol. The van der Waals surface area contributed by atoms with Gasteiger partial charge in [0.1, 0.15) is 0 Å². The number of hydrogen-bond donors (Lipinski definition) is 0. The Labute approximate surface area is 308 Å². The normalized spacial score (nSPS) is 10.5.